The van der Waals surface area contributed by atoms with Crippen molar-refractivity contribution < 1.29 is 0 Å². The molecule has 1 rings (SSSR count). The molecule has 1 aromatic rings. The van der Waals surface area contributed by atoms with Crippen molar-refractivity contribution in [1.29, 1.82) is 0 Å². The van der Waals surface area contributed by atoms with E-state index >= 15 is 0 Å². The van der Waals surface area contributed by atoms with Gasteiger partial charge >= 0.3 is 0 Å². The highest BCUT2D eigenvalue weighted by atomic mass is 14.9. The predicted molar refractivity (Wildman–Crippen MR) is 75.8 cm³/mol. The van der Waals surface area contributed by atoms with Gasteiger partial charge in [-0.1, -0.05) is 32.9 Å². The lowest BCUT2D eigenvalue weighted by Crippen LogP contribution is -2.41. The number of nitrogens with two attached hydrogens (primary N) is 1. The largest absolute Gasteiger partial charge is 0.399 e. The van der Waals surface area contributed by atoms with E-state index in [0.717, 1.165) is 18.7 Å². The number of benzene rings is 1. The van der Waals surface area contributed by atoms with Crippen LogP contribution in [-0.4, -0.2) is 5.54 Å². The monoisotopic (exact) mass is 234 g/mol. The Balaban J connectivity index is 2.52. The van der Waals surface area contributed by atoms with Crippen molar-refractivity contribution in [2.24, 2.45) is 5.41 Å². The van der Waals surface area contributed by atoms with Crippen molar-refractivity contribution in [3.8, 4) is 0 Å². The Morgan fingerprint density at radius 1 is 1.00 bits per heavy atom. The van der Waals surface area contributed by atoms with Crippen LogP contribution in [0.25, 0.3) is 0 Å². The molecule has 0 aliphatic rings. The van der Waals surface area contributed by atoms with Gasteiger partial charge in [0, 0.05) is 17.8 Å². The standard InChI is InChI=1S/C15H26N2/c1-14(2,3)11-15(4,5)17-10-12-6-8-13(16)9-7-12/h6-9,17H,10-11,16H2,1-5H3. The van der Waals surface area contributed by atoms with Crippen molar-refractivity contribution in [1.82, 2.24) is 5.32 Å². The molecular weight excluding hydrogens is 208 g/mol. The molecule has 0 saturated heterocycles. The quantitative estimate of drug-likeness (QED) is 0.782. The van der Waals surface area contributed by atoms with Crippen LogP contribution in [0.4, 0.5) is 5.69 Å². The minimum absolute atomic E-state index is 0.152. The second-order valence-electron chi connectivity index (χ2n) is 6.72. The molecule has 3 N–H and O–H groups in total. The lowest BCUT2D eigenvalue weighted by atomic mass is 9.82. The number of hydrogen-bond donors (Lipinski definition) is 2. The molecule has 0 aromatic heterocycles. The second-order valence-corrected chi connectivity index (χ2v) is 6.72. The Bertz CT molecular complexity index is 344. The van der Waals surface area contributed by atoms with Gasteiger partial charge < -0.3 is 11.1 Å². The first-order chi connectivity index (χ1) is 7.68. The fourth-order valence-electron chi connectivity index (χ4n) is 2.37. The van der Waals surface area contributed by atoms with Crippen LogP contribution in [0, 0.1) is 5.41 Å². The predicted octanol–water partition coefficient (Wildman–Crippen LogP) is 3.57. The van der Waals surface area contributed by atoms with Gasteiger partial charge in [0.25, 0.3) is 0 Å². The van der Waals surface area contributed by atoms with Gasteiger partial charge in [-0.3, -0.25) is 0 Å². The van der Waals surface area contributed by atoms with Crippen LogP contribution in [0.3, 0.4) is 0 Å². The molecule has 2 nitrogen and oxygen atoms in total. The second kappa shape index (κ2) is 5.09. The summed E-state index contributed by atoms with van der Waals surface area (Å²) in [6.45, 7) is 12.2. The SMILES string of the molecule is CC(C)(C)CC(C)(C)NCc1ccc(N)cc1. The van der Waals surface area contributed by atoms with Gasteiger partial charge in [0.05, 0.1) is 0 Å². The highest BCUT2D eigenvalue weighted by molar-refractivity contribution is 5.39. The normalized spacial score (nSPS) is 12.8. The molecule has 0 radical (unpaired) electrons. The molecule has 0 aliphatic carbocycles. The van der Waals surface area contributed by atoms with Gasteiger partial charge in [-0.15, -0.1) is 0 Å². The first kappa shape index (κ1) is 14.0. The molecule has 0 heterocycles. The van der Waals surface area contributed by atoms with Gasteiger partial charge in [0.1, 0.15) is 0 Å². The molecule has 0 spiro atoms. The maximum absolute atomic E-state index is 5.67. The molecule has 0 bridgehead atoms. The van der Waals surface area contributed by atoms with Gasteiger partial charge in [0.2, 0.25) is 0 Å². The van der Waals surface area contributed by atoms with E-state index in [0.29, 0.717) is 5.41 Å². The third kappa shape index (κ3) is 5.73. The molecule has 0 saturated carbocycles. The zero-order chi connectivity index (χ0) is 13.1. The van der Waals surface area contributed by atoms with E-state index < -0.39 is 0 Å². The Morgan fingerprint density at radius 3 is 2.00 bits per heavy atom. The summed E-state index contributed by atoms with van der Waals surface area (Å²) in [5.41, 5.74) is 8.27. The highest BCUT2D eigenvalue weighted by Gasteiger charge is 2.24. The molecule has 0 atom stereocenters. The Labute approximate surface area is 106 Å². The van der Waals surface area contributed by atoms with Crippen LogP contribution in [0.5, 0.6) is 0 Å². The van der Waals surface area contributed by atoms with E-state index in [2.05, 4.69) is 52.1 Å². The average Bonchev–Trinajstić information content (AvgIpc) is 2.13. The first-order valence-corrected chi connectivity index (χ1v) is 6.27. The van der Waals surface area contributed by atoms with Crippen LogP contribution in [0.15, 0.2) is 24.3 Å². The number of nitrogens with one attached hydrogen (secondary N) is 1. The van der Waals surface area contributed by atoms with E-state index in [1.54, 1.807) is 0 Å². The molecule has 96 valence electrons. The van der Waals surface area contributed by atoms with Crippen molar-refractivity contribution in [2.75, 3.05) is 5.73 Å². The molecular formula is C15H26N2. The molecule has 17 heavy (non-hydrogen) atoms. The average molecular weight is 234 g/mol. The maximum Gasteiger partial charge on any atom is 0.0314 e. The van der Waals surface area contributed by atoms with E-state index in [4.69, 9.17) is 5.73 Å². The van der Waals surface area contributed by atoms with Crippen LogP contribution in [-0.2, 0) is 6.54 Å². The topological polar surface area (TPSA) is 38.0 Å². The number of rotatable bonds is 4. The fraction of sp³-hybridized carbons (Fsp3) is 0.600. The lowest BCUT2D eigenvalue weighted by molar-refractivity contribution is 0.241. The highest BCUT2D eigenvalue weighted by Crippen LogP contribution is 2.27. The van der Waals surface area contributed by atoms with E-state index in [-0.39, 0.29) is 5.54 Å². The molecule has 0 aliphatic heterocycles. The van der Waals surface area contributed by atoms with Crippen LogP contribution in [0.1, 0.15) is 46.6 Å². The summed E-state index contributed by atoms with van der Waals surface area (Å²) in [5, 5.41) is 3.61. The Hall–Kier alpha value is -1.02. The third-order valence-electron chi connectivity index (χ3n) is 2.72. The molecule has 0 unspecified atom stereocenters. The maximum atomic E-state index is 5.67. The molecule has 1 aromatic carbocycles. The summed E-state index contributed by atoms with van der Waals surface area (Å²) >= 11 is 0. The van der Waals surface area contributed by atoms with Crippen LogP contribution >= 0.6 is 0 Å². The third-order valence-corrected chi connectivity index (χ3v) is 2.72. The number of hydrogen-bond acceptors (Lipinski definition) is 2. The first-order valence-electron chi connectivity index (χ1n) is 6.27. The zero-order valence-electron chi connectivity index (χ0n) is 11.8. The van der Waals surface area contributed by atoms with Crippen molar-refractivity contribution >= 4 is 5.69 Å². The Kier molecular flexibility index (Phi) is 4.21. The summed E-state index contributed by atoms with van der Waals surface area (Å²) < 4.78 is 0. The van der Waals surface area contributed by atoms with Crippen molar-refractivity contribution in [3.05, 3.63) is 29.8 Å². The minimum atomic E-state index is 0.152. The zero-order valence-corrected chi connectivity index (χ0v) is 11.8. The van der Waals surface area contributed by atoms with Crippen LogP contribution < -0.4 is 11.1 Å². The molecule has 0 fully saturated rings. The van der Waals surface area contributed by atoms with Gasteiger partial charge in [-0.25, -0.2) is 0 Å². The summed E-state index contributed by atoms with van der Waals surface area (Å²) in [5.74, 6) is 0. The van der Waals surface area contributed by atoms with E-state index in [1.165, 1.54) is 5.56 Å². The molecule has 0 amide bonds. The summed E-state index contributed by atoms with van der Waals surface area (Å²) in [6.07, 6.45) is 1.15. The number of nitrogen functional groups attached to an aromatic ring is 1. The summed E-state index contributed by atoms with van der Waals surface area (Å²) in [4.78, 5) is 0. The summed E-state index contributed by atoms with van der Waals surface area (Å²) in [6, 6.07) is 8.06. The van der Waals surface area contributed by atoms with Gasteiger partial charge in [-0.2, -0.15) is 0 Å². The lowest BCUT2D eigenvalue weighted by Gasteiger charge is -2.33. The van der Waals surface area contributed by atoms with E-state index in [9.17, 15) is 0 Å². The van der Waals surface area contributed by atoms with Gasteiger partial charge in [-0.05, 0) is 43.4 Å². The van der Waals surface area contributed by atoms with Crippen molar-refractivity contribution in [2.45, 2.75) is 53.1 Å². The van der Waals surface area contributed by atoms with Crippen molar-refractivity contribution in [3.63, 3.8) is 0 Å². The fourth-order valence-corrected chi connectivity index (χ4v) is 2.37. The summed E-state index contributed by atoms with van der Waals surface area (Å²) in [7, 11) is 0. The molecule has 2 heteroatoms. The van der Waals surface area contributed by atoms with E-state index in [1.807, 2.05) is 12.1 Å². The Morgan fingerprint density at radius 2 is 1.53 bits per heavy atom. The van der Waals surface area contributed by atoms with Crippen LogP contribution in [0.2, 0.25) is 0 Å². The minimum Gasteiger partial charge on any atom is -0.399 e. The number of anilines is 1. The van der Waals surface area contributed by atoms with Gasteiger partial charge in [0.15, 0.2) is 0 Å². The smallest absolute Gasteiger partial charge is 0.0314 e.